The highest BCUT2D eigenvalue weighted by Gasteiger charge is 2.21. The number of anilines is 2. The van der Waals surface area contributed by atoms with Gasteiger partial charge in [-0.05, 0) is 61.4 Å². The van der Waals surface area contributed by atoms with E-state index < -0.39 is 20.0 Å². The standard InChI is InChI=1S/C16H20N2O4S2/c1-12-5-10-16(11-13(12)2)24(21,22)18(3)15-8-6-14(7-9-15)17-23(4,19)20/h5-11,17H,1-4H3. The first kappa shape index (κ1) is 18.3. The predicted octanol–water partition coefficient (Wildman–Crippen LogP) is 2.50. The third kappa shape index (κ3) is 4.07. The van der Waals surface area contributed by atoms with Crippen LogP contribution in [0.2, 0.25) is 0 Å². The molecule has 130 valence electrons. The highest BCUT2D eigenvalue weighted by molar-refractivity contribution is 7.92. The first-order chi connectivity index (χ1) is 11.0. The van der Waals surface area contributed by atoms with Gasteiger partial charge in [-0.2, -0.15) is 0 Å². The SMILES string of the molecule is Cc1ccc(S(=O)(=O)N(C)c2ccc(NS(C)(=O)=O)cc2)cc1C. The van der Waals surface area contributed by atoms with Gasteiger partial charge in [0, 0.05) is 12.7 Å². The number of rotatable bonds is 5. The molecule has 8 heteroatoms. The number of hydrogen-bond donors (Lipinski definition) is 1. The molecule has 0 bridgehead atoms. The van der Waals surface area contributed by atoms with Gasteiger partial charge in [0.1, 0.15) is 0 Å². The Morgan fingerprint density at radius 3 is 1.96 bits per heavy atom. The van der Waals surface area contributed by atoms with Gasteiger partial charge in [0.15, 0.2) is 0 Å². The molecule has 24 heavy (non-hydrogen) atoms. The zero-order chi connectivity index (χ0) is 18.1. The van der Waals surface area contributed by atoms with Gasteiger partial charge >= 0.3 is 0 Å². The van der Waals surface area contributed by atoms with E-state index in [2.05, 4.69) is 4.72 Å². The lowest BCUT2D eigenvalue weighted by Gasteiger charge is -2.20. The number of nitrogens with zero attached hydrogens (tertiary/aromatic N) is 1. The van der Waals surface area contributed by atoms with E-state index in [4.69, 9.17) is 0 Å². The van der Waals surface area contributed by atoms with Crippen LogP contribution in [0.1, 0.15) is 11.1 Å². The van der Waals surface area contributed by atoms with Gasteiger partial charge in [0.05, 0.1) is 16.8 Å². The minimum atomic E-state index is -3.68. The minimum Gasteiger partial charge on any atom is -0.284 e. The average Bonchev–Trinajstić information content (AvgIpc) is 2.48. The lowest BCUT2D eigenvalue weighted by molar-refractivity contribution is 0.594. The summed E-state index contributed by atoms with van der Waals surface area (Å²) >= 11 is 0. The topological polar surface area (TPSA) is 83.6 Å². The van der Waals surface area contributed by atoms with Gasteiger partial charge in [0.2, 0.25) is 10.0 Å². The first-order valence-corrected chi connectivity index (χ1v) is 10.5. The second-order valence-electron chi connectivity index (χ2n) is 5.64. The number of aryl methyl sites for hydroxylation is 2. The maximum atomic E-state index is 12.7. The summed E-state index contributed by atoms with van der Waals surface area (Å²) in [7, 11) is -5.60. The van der Waals surface area contributed by atoms with Crippen LogP contribution in [0.25, 0.3) is 0 Å². The molecule has 2 aromatic rings. The van der Waals surface area contributed by atoms with E-state index in [9.17, 15) is 16.8 Å². The molecule has 0 saturated carbocycles. The Kier molecular flexibility index (Phi) is 4.91. The summed E-state index contributed by atoms with van der Waals surface area (Å²) in [4.78, 5) is 0.214. The minimum absolute atomic E-state index is 0.214. The highest BCUT2D eigenvalue weighted by atomic mass is 32.2. The quantitative estimate of drug-likeness (QED) is 0.879. The van der Waals surface area contributed by atoms with Crippen LogP contribution >= 0.6 is 0 Å². The number of sulfonamides is 2. The maximum Gasteiger partial charge on any atom is 0.264 e. The lowest BCUT2D eigenvalue weighted by Crippen LogP contribution is -2.26. The summed E-state index contributed by atoms with van der Waals surface area (Å²) in [6.07, 6.45) is 1.05. The second kappa shape index (κ2) is 6.45. The number of hydrogen-bond acceptors (Lipinski definition) is 4. The fourth-order valence-electron chi connectivity index (χ4n) is 2.12. The second-order valence-corrected chi connectivity index (χ2v) is 9.36. The van der Waals surface area contributed by atoms with Crippen LogP contribution in [0.3, 0.4) is 0 Å². The molecule has 1 N–H and O–H groups in total. The Labute approximate surface area is 143 Å². The molecule has 2 aromatic carbocycles. The van der Waals surface area contributed by atoms with Gasteiger partial charge in [0.25, 0.3) is 10.0 Å². The van der Waals surface area contributed by atoms with Crippen molar-refractivity contribution in [3.8, 4) is 0 Å². The van der Waals surface area contributed by atoms with Crippen LogP contribution in [0.4, 0.5) is 11.4 Å². The molecule has 0 aliphatic rings. The van der Waals surface area contributed by atoms with Gasteiger partial charge in [-0.3, -0.25) is 9.03 Å². The fraction of sp³-hybridized carbons (Fsp3) is 0.250. The van der Waals surface area contributed by atoms with Gasteiger partial charge in [-0.15, -0.1) is 0 Å². The molecule has 0 saturated heterocycles. The Bertz CT molecular complexity index is 950. The molecule has 0 amide bonds. The summed E-state index contributed by atoms with van der Waals surface area (Å²) in [6, 6.07) is 11.1. The Morgan fingerprint density at radius 2 is 1.46 bits per heavy atom. The van der Waals surface area contributed by atoms with Crippen LogP contribution < -0.4 is 9.03 Å². The zero-order valence-electron chi connectivity index (χ0n) is 13.9. The first-order valence-electron chi connectivity index (χ1n) is 7.15. The van der Waals surface area contributed by atoms with Crippen molar-refractivity contribution in [3.05, 3.63) is 53.6 Å². The summed E-state index contributed by atoms with van der Waals surface area (Å²) < 4.78 is 51.4. The molecular formula is C16H20N2O4S2. The highest BCUT2D eigenvalue weighted by Crippen LogP contribution is 2.25. The lowest BCUT2D eigenvalue weighted by atomic mass is 10.1. The van der Waals surface area contributed by atoms with Crippen LogP contribution in [0, 0.1) is 13.8 Å². The molecule has 0 radical (unpaired) electrons. The molecule has 0 aliphatic heterocycles. The van der Waals surface area contributed by atoms with Gasteiger partial charge in [-0.25, -0.2) is 16.8 Å². The van der Waals surface area contributed by atoms with Crippen molar-refractivity contribution in [1.29, 1.82) is 0 Å². The molecule has 0 aliphatic carbocycles. The van der Waals surface area contributed by atoms with E-state index in [1.165, 1.54) is 23.5 Å². The van der Waals surface area contributed by atoms with Crippen molar-refractivity contribution in [2.45, 2.75) is 18.7 Å². The zero-order valence-corrected chi connectivity index (χ0v) is 15.6. The van der Waals surface area contributed by atoms with Crippen LogP contribution in [0.5, 0.6) is 0 Å². The molecule has 0 aromatic heterocycles. The Balaban J connectivity index is 2.32. The van der Waals surface area contributed by atoms with E-state index in [-0.39, 0.29) is 4.90 Å². The molecule has 0 fully saturated rings. The fourth-order valence-corrected chi connectivity index (χ4v) is 3.97. The molecule has 6 nitrogen and oxygen atoms in total. The summed E-state index contributed by atoms with van der Waals surface area (Å²) in [6.45, 7) is 3.78. The summed E-state index contributed by atoms with van der Waals surface area (Å²) in [5, 5.41) is 0. The molecule has 0 atom stereocenters. The molecular weight excluding hydrogens is 348 g/mol. The van der Waals surface area contributed by atoms with Crippen LogP contribution in [0.15, 0.2) is 47.4 Å². The van der Waals surface area contributed by atoms with Crippen molar-refractivity contribution in [2.75, 3.05) is 22.3 Å². The average molecular weight is 368 g/mol. The predicted molar refractivity (Wildman–Crippen MR) is 96.4 cm³/mol. The van der Waals surface area contributed by atoms with Gasteiger partial charge in [-0.1, -0.05) is 6.07 Å². The molecule has 0 heterocycles. The molecule has 0 unspecified atom stereocenters. The largest absolute Gasteiger partial charge is 0.284 e. The van der Waals surface area contributed by atoms with Crippen LogP contribution in [-0.2, 0) is 20.0 Å². The van der Waals surface area contributed by atoms with Crippen molar-refractivity contribution in [2.24, 2.45) is 0 Å². The van der Waals surface area contributed by atoms with Crippen molar-refractivity contribution < 1.29 is 16.8 Å². The smallest absolute Gasteiger partial charge is 0.264 e. The van der Waals surface area contributed by atoms with E-state index in [0.717, 1.165) is 17.4 Å². The Morgan fingerprint density at radius 1 is 0.875 bits per heavy atom. The third-order valence-corrected chi connectivity index (χ3v) is 6.06. The Hall–Kier alpha value is -2.06. The van der Waals surface area contributed by atoms with E-state index in [0.29, 0.717) is 11.4 Å². The normalized spacial score (nSPS) is 12.0. The molecule has 0 spiro atoms. The number of nitrogens with one attached hydrogen (secondary N) is 1. The monoisotopic (exact) mass is 368 g/mol. The third-order valence-electron chi connectivity index (χ3n) is 3.67. The number of benzene rings is 2. The van der Waals surface area contributed by atoms with Crippen molar-refractivity contribution in [3.63, 3.8) is 0 Å². The maximum absolute atomic E-state index is 12.7. The van der Waals surface area contributed by atoms with Crippen LogP contribution in [-0.4, -0.2) is 30.1 Å². The van der Waals surface area contributed by atoms with E-state index in [1.54, 1.807) is 30.3 Å². The summed E-state index contributed by atoms with van der Waals surface area (Å²) in [5.74, 6) is 0. The van der Waals surface area contributed by atoms with Crippen molar-refractivity contribution >= 4 is 31.4 Å². The summed E-state index contributed by atoms with van der Waals surface area (Å²) in [5.41, 5.74) is 2.73. The van der Waals surface area contributed by atoms with Gasteiger partial charge < -0.3 is 0 Å². The van der Waals surface area contributed by atoms with E-state index >= 15 is 0 Å². The van der Waals surface area contributed by atoms with Crippen molar-refractivity contribution in [1.82, 2.24) is 0 Å². The van der Waals surface area contributed by atoms with E-state index in [1.807, 2.05) is 13.8 Å². The molecule has 2 rings (SSSR count).